The van der Waals surface area contributed by atoms with Crippen molar-refractivity contribution in [3.8, 4) is 11.5 Å². The predicted octanol–water partition coefficient (Wildman–Crippen LogP) is 1.45. The molecule has 5 nitrogen and oxygen atoms in total. The lowest BCUT2D eigenvalue weighted by atomic mass is 10.1. The molecule has 1 aliphatic rings. The third-order valence-corrected chi connectivity index (χ3v) is 3.32. The summed E-state index contributed by atoms with van der Waals surface area (Å²) in [6.45, 7) is 1.52. The van der Waals surface area contributed by atoms with E-state index in [1.165, 1.54) is 0 Å². The van der Waals surface area contributed by atoms with Gasteiger partial charge in [-0.3, -0.25) is 0 Å². The molecule has 1 atom stereocenters. The van der Waals surface area contributed by atoms with Crippen LogP contribution < -0.4 is 14.8 Å². The summed E-state index contributed by atoms with van der Waals surface area (Å²) >= 11 is 3.44. The van der Waals surface area contributed by atoms with E-state index >= 15 is 0 Å². The molecule has 0 aliphatic carbocycles. The third-order valence-electron chi connectivity index (χ3n) is 2.73. The van der Waals surface area contributed by atoms with Crippen LogP contribution in [0.4, 0.5) is 0 Å². The molecule has 0 fully saturated rings. The molecule has 0 saturated carbocycles. The van der Waals surface area contributed by atoms with Gasteiger partial charge < -0.3 is 24.6 Å². The van der Waals surface area contributed by atoms with Crippen molar-refractivity contribution in [3.05, 3.63) is 22.2 Å². The van der Waals surface area contributed by atoms with Gasteiger partial charge >= 0.3 is 0 Å². The molecular formula is C12H16BrNO4. The number of nitrogens with one attached hydrogen (secondary N) is 1. The van der Waals surface area contributed by atoms with E-state index in [-0.39, 0.29) is 19.4 Å². The Bertz CT molecular complexity index is 413. The predicted molar refractivity (Wildman–Crippen MR) is 70.0 cm³/mol. The summed E-state index contributed by atoms with van der Waals surface area (Å²) in [4.78, 5) is 0. The van der Waals surface area contributed by atoms with E-state index in [9.17, 15) is 5.11 Å². The van der Waals surface area contributed by atoms with Crippen molar-refractivity contribution in [1.82, 2.24) is 5.32 Å². The molecule has 2 N–H and O–H groups in total. The van der Waals surface area contributed by atoms with Gasteiger partial charge in [0, 0.05) is 13.7 Å². The van der Waals surface area contributed by atoms with Gasteiger partial charge in [0.15, 0.2) is 11.5 Å². The Balaban J connectivity index is 2.13. The molecule has 1 aromatic rings. The van der Waals surface area contributed by atoms with Crippen LogP contribution in [0.3, 0.4) is 0 Å². The quantitative estimate of drug-likeness (QED) is 0.778. The average Bonchev–Trinajstić information content (AvgIpc) is 2.83. The van der Waals surface area contributed by atoms with E-state index in [0.717, 1.165) is 10.0 Å². The van der Waals surface area contributed by atoms with E-state index < -0.39 is 0 Å². The highest BCUT2D eigenvalue weighted by Crippen LogP contribution is 2.41. The van der Waals surface area contributed by atoms with Gasteiger partial charge in [0.2, 0.25) is 6.79 Å². The molecule has 1 heterocycles. The lowest BCUT2D eigenvalue weighted by Gasteiger charge is -2.17. The van der Waals surface area contributed by atoms with E-state index in [1.54, 1.807) is 7.11 Å². The standard InChI is InChI=1S/C12H16BrNO4/c1-16-3-2-14-10(6-15)8-4-9(13)12-11(5-8)17-7-18-12/h4-5,10,14-15H,2-3,6-7H2,1H3. The number of hydrogen-bond donors (Lipinski definition) is 2. The number of ether oxygens (including phenoxy) is 3. The Morgan fingerprint density at radius 2 is 2.33 bits per heavy atom. The highest BCUT2D eigenvalue weighted by Gasteiger charge is 2.20. The Kier molecular flexibility index (Phi) is 4.82. The van der Waals surface area contributed by atoms with Gasteiger partial charge in [-0.15, -0.1) is 0 Å². The molecule has 100 valence electrons. The fraction of sp³-hybridized carbons (Fsp3) is 0.500. The lowest BCUT2D eigenvalue weighted by molar-refractivity contribution is 0.173. The second kappa shape index (κ2) is 6.38. The monoisotopic (exact) mass is 317 g/mol. The van der Waals surface area contributed by atoms with Crippen LogP contribution in [0.5, 0.6) is 11.5 Å². The fourth-order valence-corrected chi connectivity index (χ4v) is 2.39. The molecular weight excluding hydrogens is 302 g/mol. The summed E-state index contributed by atoms with van der Waals surface area (Å²) in [5.41, 5.74) is 0.949. The van der Waals surface area contributed by atoms with Gasteiger partial charge in [0.1, 0.15) is 0 Å². The van der Waals surface area contributed by atoms with E-state index in [1.807, 2.05) is 12.1 Å². The van der Waals surface area contributed by atoms with Crippen molar-refractivity contribution in [2.24, 2.45) is 0 Å². The maximum atomic E-state index is 9.43. The van der Waals surface area contributed by atoms with Crippen molar-refractivity contribution in [3.63, 3.8) is 0 Å². The second-order valence-electron chi connectivity index (χ2n) is 3.92. The SMILES string of the molecule is COCCNC(CO)c1cc(Br)c2c(c1)OCO2. The van der Waals surface area contributed by atoms with Gasteiger partial charge in [-0.1, -0.05) is 0 Å². The molecule has 1 aromatic carbocycles. The summed E-state index contributed by atoms with van der Waals surface area (Å²) < 4.78 is 16.5. The van der Waals surface area contributed by atoms with Crippen LogP contribution in [-0.4, -0.2) is 38.8 Å². The van der Waals surface area contributed by atoms with E-state index in [2.05, 4.69) is 21.2 Å². The van der Waals surface area contributed by atoms with Gasteiger partial charge in [0.25, 0.3) is 0 Å². The number of methoxy groups -OCH3 is 1. The number of aliphatic hydroxyl groups is 1. The maximum absolute atomic E-state index is 9.43. The highest BCUT2D eigenvalue weighted by molar-refractivity contribution is 9.10. The molecule has 2 rings (SSSR count). The zero-order valence-corrected chi connectivity index (χ0v) is 11.7. The van der Waals surface area contributed by atoms with Gasteiger partial charge in [-0.05, 0) is 33.6 Å². The zero-order valence-electron chi connectivity index (χ0n) is 10.1. The molecule has 0 spiro atoms. The van der Waals surface area contributed by atoms with E-state index in [4.69, 9.17) is 14.2 Å². The molecule has 0 radical (unpaired) electrons. The summed E-state index contributed by atoms with van der Waals surface area (Å²) in [5.74, 6) is 1.42. The minimum absolute atomic E-state index is 0.00972. The van der Waals surface area contributed by atoms with Crippen molar-refractivity contribution >= 4 is 15.9 Å². The Hall–Kier alpha value is -0.820. The Labute approximate surface area is 114 Å². The molecule has 1 unspecified atom stereocenters. The first-order valence-electron chi connectivity index (χ1n) is 5.68. The van der Waals surface area contributed by atoms with Crippen molar-refractivity contribution < 1.29 is 19.3 Å². The fourth-order valence-electron chi connectivity index (χ4n) is 1.81. The van der Waals surface area contributed by atoms with Crippen LogP contribution in [0.25, 0.3) is 0 Å². The van der Waals surface area contributed by atoms with Crippen LogP contribution >= 0.6 is 15.9 Å². The third kappa shape index (κ3) is 2.95. The zero-order chi connectivity index (χ0) is 13.0. The van der Waals surface area contributed by atoms with Crippen molar-refractivity contribution in [1.29, 1.82) is 0 Å². The van der Waals surface area contributed by atoms with Crippen LogP contribution in [0.1, 0.15) is 11.6 Å². The first-order chi connectivity index (χ1) is 8.76. The molecule has 0 saturated heterocycles. The van der Waals surface area contributed by atoms with Crippen molar-refractivity contribution in [2.75, 3.05) is 33.7 Å². The first kappa shape index (κ1) is 13.6. The molecule has 0 bridgehead atoms. The Morgan fingerprint density at radius 1 is 1.50 bits per heavy atom. The molecule has 0 aromatic heterocycles. The van der Waals surface area contributed by atoms with Gasteiger partial charge in [-0.25, -0.2) is 0 Å². The van der Waals surface area contributed by atoms with Gasteiger partial charge in [-0.2, -0.15) is 0 Å². The topological polar surface area (TPSA) is 60.0 Å². The van der Waals surface area contributed by atoms with Crippen LogP contribution in [0.2, 0.25) is 0 Å². The summed E-state index contributed by atoms with van der Waals surface area (Å²) in [6.07, 6.45) is 0. The largest absolute Gasteiger partial charge is 0.454 e. The number of halogens is 1. The number of hydrogen-bond acceptors (Lipinski definition) is 5. The second-order valence-corrected chi connectivity index (χ2v) is 4.77. The number of aliphatic hydroxyl groups excluding tert-OH is 1. The summed E-state index contributed by atoms with van der Waals surface area (Å²) in [7, 11) is 1.65. The first-order valence-corrected chi connectivity index (χ1v) is 6.47. The summed E-state index contributed by atoms with van der Waals surface area (Å²) in [5, 5.41) is 12.6. The molecule has 18 heavy (non-hydrogen) atoms. The highest BCUT2D eigenvalue weighted by atomic mass is 79.9. The minimum Gasteiger partial charge on any atom is -0.454 e. The molecule has 0 amide bonds. The average molecular weight is 318 g/mol. The van der Waals surface area contributed by atoms with Crippen LogP contribution in [0, 0.1) is 0 Å². The maximum Gasteiger partial charge on any atom is 0.231 e. The lowest BCUT2D eigenvalue weighted by Crippen LogP contribution is -2.27. The van der Waals surface area contributed by atoms with Crippen molar-refractivity contribution in [2.45, 2.75) is 6.04 Å². The van der Waals surface area contributed by atoms with E-state index in [0.29, 0.717) is 24.7 Å². The van der Waals surface area contributed by atoms with Crippen LogP contribution in [-0.2, 0) is 4.74 Å². The number of rotatable bonds is 6. The molecule has 1 aliphatic heterocycles. The smallest absolute Gasteiger partial charge is 0.231 e. The minimum atomic E-state index is -0.147. The molecule has 6 heteroatoms. The van der Waals surface area contributed by atoms with Gasteiger partial charge in [0.05, 0.1) is 23.7 Å². The van der Waals surface area contributed by atoms with Crippen LogP contribution in [0.15, 0.2) is 16.6 Å². The number of fused-ring (bicyclic) bond motifs is 1. The Morgan fingerprint density at radius 3 is 3.06 bits per heavy atom. The summed E-state index contributed by atoms with van der Waals surface area (Å²) in [6, 6.07) is 3.66. The normalized spacial score (nSPS) is 14.8. The number of benzene rings is 1.